The largest absolute Gasteiger partial charge is 0.399 e. The van der Waals surface area contributed by atoms with Gasteiger partial charge in [0.25, 0.3) is 0 Å². The van der Waals surface area contributed by atoms with Gasteiger partial charge < -0.3 is 11.1 Å². The van der Waals surface area contributed by atoms with Crippen LogP contribution in [0.3, 0.4) is 0 Å². The Balaban J connectivity index is 2.43. The van der Waals surface area contributed by atoms with Gasteiger partial charge in [-0.3, -0.25) is 0 Å². The second-order valence-corrected chi connectivity index (χ2v) is 3.17. The van der Waals surface area contributed by atoms with Gasteiger partial charge >= 0.3 is 0 Å². The molecule has 0 aliphatic carbocycles. The number of nitrogen functional groups attached to an aromatic ring is 1. The minimum absolute atomic E-state index is 0.562. The van der Waals surface area contributed by atoms with E-state index in [4.69, 9.17) is 5.73 Å². The zero-order valence-corrected chi connectivity index (χ0v) is 6.59. The van der Waals surface area contributed by atoms with Crippen molar-refractivity contribution in [1.82, 2.24) is 0 Å². The highest BCUT2D eigenvalue weighted by Crippen LogP contribution is 2.26. The minimum Gasteiger partial charge on any atom is -0.399 e. The second kappa shape index (κ2) is 2.16. The molecule has 0 spiro atoms. The number of nitrogens with two attached hydrogens (primary N) is 1. The average Bonchev–Trinajstić information content (AvgIpc) is 2.27. The van der Waals surface area contributed by atoms with E-state index in [1.165, 1.54) is 11.3 Å². The first kappa shape index (κ1) is 6.53. The van der Waals surface area contributed by atoms with Crippen molar-refractivity contribution in [3.63, 3.8) is 0 Å². The third kappa shape index (κ3) is 1.04. The monoisotopic (exact) mass is 148 g/mol. The summed E-state index contributed by atoms with van der Waals surface area (Å²) >= 11 is 0. The number of benzene rings is 1. The third-order valence-electron chi connectivity index (χ3n) is 2.06. The summed E-state index contributed by atoms with van der Waals surface area (Å²) in [5.74, 6) is 0. The lowest BCUT2D eigenvalue weighted by molar-refractivity contribution is 0.839. The van der Waals surface area contributed by atoms with Gasteiger partial charge in [0.05, 0.1) is 0 Å². The van der Waals surface area contributed by atoms with E-state index in [9.17, 15) is 0 Å². The summed E-state index contributed by atoms with van der Waals surface area (Å²) in [7, 11) is 0. The smallest absolute Gasteiger partial charge is 0.0377 e. The van der Waals surface area contributed by atoms with Crippen LogP contribution < -0.4 is 11.1 Å². The van der Waals surface area contributed by atoms with Crippen molar-refractivity contribution in [1.29, 1.82) is 0 Å². The van der Waals surface area contributed by atoms with Gasteiger partial charge in [0.2, 0.25) is 0 Å². The second-order valence-electron chi connectivity index (χ2n) is 3.17. The quantitative estimate of drug-likeness (QED) is 0.549. The normalized spacial score (nSPS) is 21.0. The molecule has 0 radical (unpaired) electrons. The first-order valence-corrected chi connectivity index (χ1v) is 3.90. The molecule has 0 fully saturated rings. The van der Waals surface area contributed by atoms with Crippen molar-refractivity contribution in [2.75, 3.05) is 11.1 Å². The maximum Gasteiger partial charge on any atom is 0.0377 e. The number of anilines is 2. The Morgan fingerprint density at radius 2 is 2.36 bits per heavy atom. The molecule has 0 saturated heterocycles. The zero-order valence-electron chi connectivity index (χ0n) is 6.59. The topological polar surface area (TPSA) is 38.0 Å². The van der Waals surface area contributed by atoms with Crippen LogP contribution in [0.5, 0.6) is 0 Å². The lowest BCUT2D eigenvalue weighted by Gasteiger charge is -2.01. The van der Waals surface area contributed by atoms with Gasteiger partial charge in [-0.25, -0.2) is 0 Å². The lowest BCUT2D eigenvalue weighted by atomic mass is 10.1. The summed E-state index contributed by atoms with van der Waals surface area (Å²) in [6, 6.07) is 6.59. The molecule has 0 bridgehead atoms. The molecule has 58 valence electrons. The van der Waals surface area contributed by atoms with E-state index >= 15 is 0 Å². The number of nitrogens with one attached hydrogen (secondary N) is 1. The molecule has 11 heavy (non-hydrogen) atoms. The van der Waals surface area contributed by atoms with Gasteiger partial charge in [-0.1, -0.05) is 0 Å². The van der Waals surface area contributed by atoms with Gasteiger partial charge in [0.15, 0.2) is 0 Å². The molecule has 1 atom stereocenters. The Kier molecular flexibility index (Phi) is 1.28. The van der Waals surface area contributed by atoms with E-state index in [0.29, 0.717) is 6.04 Å². The Bertz CT molecular complexity index is 281. The van der Waals surface area contributed by atoms with Crippen molar-refractivity contribution in [3.8, 4) is 0 Å². The molecule has 1 aliphatic heterocycles. The molecule has 1 heterocycles. The van der Waals surface area contributed by atoms with Crippen molar-refractivity contribution in [3.05, 3.63) is 23.8 Å². The van der Waals surface area contributed by atoms with E-state index in [1.807, 2.05) is 18.2 Å². The van der Waals surface area contributed by atoms with Crippen LogP contribution in [-0.4, -0.2) is 6.04 Å². The molecule has 3 N–H and O–H groups in total. The Morgan fingerprint density at radius 1 is 1.55 bits per heavy atom. The predicted molar refractivity (Wildman–Crippen MR) is 47.6 cm³/mol. The van der Waals surface area contributed by atoms with Crippen molar-refractivity contribution in [2.24, 2.45) is 0 Å². The van der Waals surface area contributed by atoms with Gasteiger partial charge in [-0.2, -0.15) is 0 Å². The van der Waals surface area contributed by atoms with Crippen LogP contribution in [-0.2, 0) is 6.42 Å². The molecule has 1 aliphatic rings. The molecule has 1 unspecified atom stereocenters. The molecular weight excluding hydrogens is 136 g/mol. The number of hydrogen-bond acceptors (Lipinski definition) is 2. The fraction of sp³-hybridized carbons (Fsp3) is 0.333. The molecular formula is C9H12N2. The maximum atomic E-state index is 5.65. The van der Waals surface area contributed by atoms with Crippen molar-refractivity contribution in [2.45, 2.75) is 19.4 Å². The van der Waals surface area contributed by atoms with Crippen molar-refractivity contribution >= 4 is 11.4 Å². The summed E-state index contributed by atoms with van der Waals surface area (Å²) in [5, 5.41) is 3.37. The van der Waals surface area contributed by atoms with Crippen LogP contribution in [0.25, 0.3) is 0 Å². The van der Waals surface area contributed by atoms with Crippen LogP contribution in [0.15, 0.2) is 18.2 Å². The number of rotatable bonds is 0. The number of hydrogen-bond donors (Lipinski definition) is 2. The molecule has 1 aromatic rings. The highest BCUT2D eigenvalue weighted by Gasteiger charge is 2.15. The van der Waals surface area contributed by atoms with Crippen LogP contribution in [0.4, 0.5) is 11.4 Å². The maximum absolute atomic E-state index is 5.65. The zero-order chi connectivity index (χ0) is 7.84. The van der Waals surface area contributed by atoms with Gasteiger partial charge in [0, 0.05) is 17.4 Å². The van der Waals surface area contributed by atoms with Crippen LogP contribution in [0.2, 0.25) is 0 Å². The SMILES string of the molecule is CC1Cc2cc(N)ccc2N1. The summed E-state index contributed by atoms with van der Waals surface area (Å²) in [4.78, 5) is 0. The molecule has 0 amide bonds. The Morgan fingerprint density at radius 3 is 3.18 bits per heavy atom. The standard InChI is InChI=1S/C9H12N2/c1-6-4-7-5-8(10)2-3-9(7)11-6/h2-3,5-6,11H,4,10H2,1H3. The molecule has 1 aromatic carbocycles. The summed E-state index contributed by atoms with van der Waals surface area (Å²) in [6.45, 7) is 2.18. The fourth-order valence-corrected chi connectivity index (χ4v) is 1.57. The molecule has 0 saturated carbocycles. The fourth-order valence-electron chi connectivity index (χ4n) is 1.57. The number of fused-ring (bicyclic) bond motifs is 1. The first-order chi connectivity index (χ1) is 5.25. The van der Waals surface area contributed by atoms with E-state index in [1.54, 1.807) is 0 Å². The molecule has 0 aromatic heterocycles. The third-order valence-corrected chi connectivity index (χ3v) is 2.06. The highest BCUT2D eigenvalue weighted by molar-refractivity contribution is 5.61. The molecule has 2 rings (SSSR count). The van der Waals surface area contributed by atoms with Gasteiger partial charge in [-0.05, 0) is 37.1 Å². The van der Waals surface area contributed by atoms with E-state index in [2.05, 4.69) is 12.2 Å². The average molecular weight is 148 g/mol. The van der Waals surface area contributed by atoms with E-state index < -0.39 is 0 Å². The summed E-state index contributed by atoms with van der Waals surface area (Å²) in [5.41, 5.74) is 9.10. The van der Waals surface area contributed by atoms with Gasteiger partial charge in [0.1, 0.15) is 0 Å². The predicted octanol–water partition coefficient (Wildman–Crippen LogP) is 1.63. The summed E-state index contributed by atoms with van der Waals surface area (Å²) < 4.78 is 0. The van der Waals surface area contributed by atoms with E-state index in [-0.39, 0.29) is 0 Å². The lowest BCUT2D eigenvalue weighted by Crippen LogP contribution is -2.08. The highest BCUT2D eigenvalue weighted by atomic mass is 14.9. The van der Waals surface area contributed by atoms with Crippen LogP contribution >= 0.6 is 0 Å². The van der Waals surface area contributed by atoms with Crippen LogP contribution in [0, 0.1) is 0 Å². The van der Waals surface area contributed by atoms with Crippen LogP contribution in [0.1, 0.15) is 12.5 Å². The minimum atomic E-state index is 0.562. The van der Waals surface area contributed by atoms with Gasteiger partial charge in [-0.15, -0.1) is 0 Å². The van der Waals surface area contributed by atoms with Crippen molar-refractivity contribution < 1.29 is 0 Å². The van der Waals surface area contributed by atoms with E-state index in [0.717, 1.165) is 12.1 Å². The first-order valence-electron chi connectivity index (χ1n) is 3.90. The Hall–Kier alpha value is -1.18. The summed E-state index contributed by atoms with van der Waals surface area (Å²) in [6.07, 6.45) is 1.10. The molecule has 2 heteroatoms. The Labute approximate surface area is 66.4 Å². The molecule has 2 nitrogen and oxygen atoms in total.